The van der Waals surface area contributed by atoms with Crippen LogP contribution in [0.2, 0.25) is 0 Å². The maximum Gasteiger partial charge on any atom is 0.417 e. The van der Waals surface area contributed by atoms with Gasteiger partial charge in [-0.25, -0.2) is 0 Å². The Hall–Kier alpha value is -3.48. The zero-order valence-corrected chi connectivity index (χ0v) is 20.8. The molecule has 0 radical (unpaired) electrons. The van der Waals surface area contributed by atoms with Gasteiger partial charge >= 0.3 is 12.0 Å². The third kappa shape index (κ3) is 5.45. The van der Waals surface area contributed by atoms with Crippen LogP contribution in [0.4, 0.5) is 30.5 Å². The summed E-state index contributed by atoms with van der Waals surface area (Å²) in [4.78, 5) is 27.8. The van der Waals surface area contributed by atoms with Crippen LogP contribution in [-0.2, 0) is 6.18 Å². The number of hydrogen-bond donors (Lipinski definition) is 4. The van der Waals surface area contributed by atoms with Gasteiger partial charge in [-0.2, -0.15) is 13.2 Å². The zero-order chi connectivity index (χ0) is 26.3. The SMILES string of the molecule is Cc1ccc([C@H](Nc2[nH]o[n+](=O)c2Nc2ccc(C(F)(F)F)c(C(=O)N(C)C)c2O)C(C)(C)C)s1. The highest BCUT2D eigenvalue weighted by atomic mass is 32.1. The Morgan fingerprint density at radius 1 is 1.20 bits per heavy atom. The molecular weight excluding hydrogens is 487 g/mol. The van der Waals surface area contributed by atoms with Crippen LogP contribution in [0.1, 0.15) is 52.5 Å². The monoisotopic (exact) mass is 514 g/mol. The molecule has 9 nitrogen and oxygen atoms in total. The number of anilines is 3. The first-order valence-corrected chi connectivity index (χ1v) is 11.3. The number of benzene rings is 1. The number of nitrogens with one attached hydrogen (secondary N) is 3. The van der Waals surface area contributed by atoms with Crippen molar-refractivity contribution in [3.05, 3.63) is 50.1 Å². The normalized spacial score (nSPS) is 12.9. The molecule has 0 aliphatic rings. The maximum absolute atomic E-state index is 13.5. The van der Waals surface area contributed by atoms with Gasteiger partial charge in [-0.1, -0.05) is 25.9 Å². The van der Waals surface area contributed by atoms with Crippen LogP contribution in [0.25, 0.3) is 0 Å². The second kappa shape index (κ2) is 9.29. The highest BCUT2D eigenvalue weighted by Crippen LogP contribution is 2.42. The number of aromatic nitrogens is 2. The first-order valence-electron chi connectivity index (χ1n) is 10.5. The van der Waals surface area contributed by atoms with Crippen LogP contribution in [0.15, 0.2) is 28.9 Å². The molecule has 1 aromatic carbocycles. The molecule has 4 N–H and O–H groups in total. The Labute approximate surface area is 203 Å². The lowest BCUT2D eigenvalue weighted by molar-refractivity contribution is -0.701. The smallest absolute Gasteiger partial charge is 0.417 e. The molecule has 13 heteroatoms. The number of phenolic OH excluding ortho intramolecular Hbond substituents is 1. The van der Waals surface area contributed by atoms with Gasteiger partial charge in [0.2, 0.25) is 0 Å². The van der Waals surface area contributed by atoms with Gasteiger partial charge in [-0.05, 0) is 41.5 Å². The Balaban J connectivity index is 2.05. The molecule has 0 bridgehead atoms. The molecule has 0 unspecified atom stereocenters. The van der Waals surface area contributed by atoms with Crippen LogP contribution in [0, 0.1) is 17.2 Å². The number of rotatable bonds is 6. The van der Waals surface area contributed by atoms with Crippen LogP contribution in [0.3, 0.4) is 0 Å². The fourth-order valence-corrected chi connectivity index (χ4v) is 4.62. The van der Waals surface area contributed by atoms with E-state index in [9.17, 15) is 28.0 Å². The molecule has 190 valence electrons. The van der Waals surface area contributed by atoms with Crippen molar-refractivity contribution in [2.24, 2.45) is 5.41 Å². The first kappa shape index (κ1) is 26.1. The molecule has 3 rings (SSSR count). The maximum atomic E-state index is 13.5. The quantitative estimate of drug-likeness (QED) is 0.334. The van der Waals surface area contributed by atoms with E-state index in [1.807, 2.05) is 39.8 Å². The lowest BCUT2D eigenvalue weighted by Crippen LogP contribution is -2.26. The molecule has 1 amide bonds. The van der Waals surface area contributed by atoms with E-state index in [1.165, 1.54) is 14.1 Å². The molecule has 0 aliphatic heterocycles. The van der Waals surface area contributed by atoms with Gasteiger partial charge in [0.15, 0.2) is 10.3 Å². The molecule has 2 heterocycles. The molecule has 0 aliphatic carbocycles. The third-order valence-electron chi connectivity index (χ3n) is 5.21. The van der Waals surface area contributed by atoms with Crippen molar-refractivity contribution in [2.75, 3.05) is 24.7 Å². The van der Waals surface area contributed by atoms with Crippen LogP contribution in [-0.4, -0.2) is 35.2 Å². The largest absolute Gasteiger partial charge is 0.504 e. The summed E-state index contributed by atoms with van der Waals surface area (Å²) < 4.78 is 45.5. The van der Waals surface area contributed by atoms with Crippen molar-refractivity contribution in [3.8, 4) is 5.75 Å². The summed E-state index contributed by atoms with van der Waals surface area (Å²) in [6.45, 7) is 7.97. The van der Waals surface area contributed by atoms with Gasteiger partial charge in [0.1, 0.15) is 5.69 Å². The summed E-state index contributed by atoms with van der Waals surface area (Å²) in [5.74, 6) is -2.14. The first-order chi connectivity index (χ1) is 16.1. The molecular formula is C22H27F3N5O4S+. The van der Waals surface area contributed by atoms with Gasteiger partial charge in [0.05, 0.1) is 17.2 Å². The summed E-state index contributed by atoms with van der Waals surface area (Å²) in [7, 11) is 2.53. The number of amides is 1. The summed E-state index contributed by atoms with van der Waals surface area (Å²) in [5, 5.41) is 18.9. The summed E-state index contributed by atoms with van der Waals surface area (Å²) in [5.41, 5.74) is -2.83. The highest BCUT2D eigenvalue weighted by Gasteiger charge is 2.39. The zero-order valence-electron chi connectivity index (χ0n) is 20.0. The van der Waals surface area contributed by atoms with Crippen molar-refractivity contribution in [1.82, 2.24) is 10.1 Å². The average molecular weight is 515 g/mol. The van der Waals surface area contributed by atoms with E-state index in [0.717, 1.165) is 20.7 Å². The van der Waals surface area contributed by atoms with Crippen molar-refractivity contribution in [3.63, 3.8) is 0 Å². The number of thiophene rings is 1. The van der Waals surface area contributed by atoms with E-state index in [1.54, 1.807) is 11.3 Å². The minimum atomic E-state index is -4.88. The van der Waals surface area contributed by atoms with Crippen molar-refractivity contribution in [2.45, 2.75) is 39.9 Å². The fourth-order valence-electron chi connectivity index (χ4n) is 3.44. The van der Waals surface area contributed by atoms with Gasteiger partial charge in [0, 0.05) is 23.8 Å². The topological polar surface area (TPSA) is 116 Å². The van der Waals surface area contributed by atoms with E-state index < -0.39 is 29.0 Å². The number of aromatic hydroxyl groups is 1. The van der Waals surface area contributed by atoms with E-state index in [0.29, 0.717) is 6.07 Å². The number of phenols is 1. The molecule has 0 fully saturated rings. The predicted molar refractivity (Wildman–Crippen MR) is 126 cm³/mol. The Kier molecular flexibility index (Phi) is 6.93. The second-order valence-corrected chi connectivity index (χ2v) is 10.6. The lowest BCUT2D eigenvalue weighted by atomic mass is 9.86. The summed E-state index contributed by atoms with van der Waals surface area (Å²) in [6.07, 6.45) is -4.88. The highest BCUT2D eigenvalue weighted by molar-refractivity contribution is 7.12. The van der Waals surface area contributed by atoms with Crippen LogP contribution in [0.5, 0.6) is 5.75 Å². The number of halogens is 3. The van der Waals surface area contributed by atoms with E-state index in [2.05, 4.69) is 15.8 Å². The van der Waals surface area contributed by atoms with Crippen LogP contribution < -0.4 is 15.2 Å². The van der Waals surface area contributed by atoms with Gasteiger partial charge in [0.25, 0.3) is 11.7 Å². The number of aromatic amines is 1. The minimum Gasteiger partial charge on any atom is -0.504 e. The Bertz CT molecular complexity index is 1290. The Morgan fingerprint density at radius 3 is 2.37 bits per heavy atom. The van der Waals surface area contributed by atoms with Gasteiger partial charge in [-0.15, -0.1) is 16.0 Å². The van der Waals surface area contributed by atoms with E-state index >= 15 is 0 Å². The number of hydrogen-bond acceptors (Lipinski definition) is 7. The molecule has 0 spiro atoms. The molecule has 35 heavy (non-hydrogen) atoms. The molecule has 0 saturated heterocycles. The Morgan fingerprint density at radius 2 is 1.86 bits per heavy atom. The number of H-pyrrole nitrogens is 1. The van der Waals surface area contributed by atoms with Gasteiger partial charge in [-0.3, -0.25) is 10.1 Å². The average Bonchev–Trinajstić information content (AvgIpc) is 3.30. The standard InChI is InChI=1S/C22H26F3N5O4S/c1-11-7-10-14(35-11)17(21(2,3)4)27-18-19(30(33)34-28-18)26-13-9-8-12(22(23,24)25)15(16(13)31)20(32)29(5)6/h7-10,17,26H,1-6H3,(H2-,27,28,31,32,33)/p+1/t17-/m0/s1. The van der Waals surface area contributed by atoms with Crippen molar-refractivity contribution < 1.29 is 32.3 Å². The fraction of sp³-hybridized carbons (Fsp3) is 0.409. The van der Waals surface area contributed by atoms with E-state index in [-0.39, 0.29) is 33.4 Å². The molecule has 2 aromatic heterocycles. The minimum absolute atomic E-state index is 0.0757. The van der Waals surface area contributed by atoms with Crippen molar-refractivity contribution >= 4 is 34.6 Å². The molecule has 0 saturated carbocycles. The number of carbonyl (C=O) groups is 1. The number of nitrogens with zero attached hydrogens (tertiary/aromatic N) is 2. The molecule has 3 aromatic rings. The molecule has 1 atom stereocenters. The summed E-state index contributed by atoms with van der Waals surface area (Å²) in [6, 6.07) is 5.25. The third-order valence-corrected chi connectivity index (χ3v) is 6.27. The number of aryl methyl sites for hydroxylation is 1. The van der Waals surface area contributed by atoms with Crippen molar-refractivity contribution in [1.29, 1.82) is 0 Å². The summed E-state index contributed by atoms with van der Waals surface area (Å²) >= 11 is 1.57. The second-order valence-electron chi connectivity index (χ2n) is 9.27. The van der Waals surface area contributed by atoms with E-state index in [4.69, 9.17) is 4.63 Å². The number of carbonyl (C=O) groups excluding carboxylic acids is 1. The predicted octanol–water partition coefficient (Wildman–Crippen LogP) is 5.26. The number of alkyl halides is 3. The van der Waals surface area contributed by atoms with Crippen LogP contribution >= 0.6 is 11.3 Å². The van der Waals surface area contributed by atoms with Gasteiger partial charge < -0.3 is 15.3 Å². The lowest BCUT2D eigenvalue weighted by Gasteiger charge is -2.30.